The molecule has 0 radical (unpaired) electrons. The van der Waals surface area contributed by atoms with Crippen molar-refractivity contribution in [2.24, 2.45) is 0 Å². The van der Waals surface area contributed by atoms with Crippen LogP contribution in [0.25, 0.3) is 0 Å². The number of aromatic nitrogens is 2. The van der Waals surface area contributed by atoms with Crippen LogP contribution in [-0.4, -0.2) is 23.1 Å². The third kappa shape index (κ3) is 3.24. The molecule has 4 nitrogen and oxygen atoms in total. The summed E-state index contributed by atoms with van der Waals surface area (Å²) in [5.74, 6) is 0.803. The Kier molecular flexibility index (Phi) is 3.71. The third-order valence-corrected chi connectivity index (χ3v) is 2.10. The number of nitrogens with one attached hydrogen (secondary N) is 2. The molecular weight excluding hydrogens is 200 g/mol. The Bertz CT molecular complexity index is 360. The van der Waals surface area contributed by atoms with E-state index < -0.39 is 0 Å². The number of hydrogen-bond acceptors (Lipinski definition) is 4. The highest BCUT2D eigenvalue weighted by Gasteiger charge is 1.91. The van der Waals surface area contributed by atoms with Crippen molar-refractivity contribution in [1.82, 2.24) is 9.97 Å². The van der Waals surface area contributed by atoms with E-state index in [-0.39, 0.29) is 0 Å². The van der Waals surface area contributed by atoms with Gasteiger partial charge in [-0.15, -0.1) is 0 Å². The van der Waals surface area contributed by atoms with Crippen LogP contribution < -0.4 is 10.6 Å². The van der Waals surface area contributed by atoms with Crippen molar-refractivity contribution >= 4 is 11.5 Å². The monoisotopic (exact) mass is 214 g/mol. The lowest BCUT2D eigenvalue weighted by atomic mass is 10.3. The predicted octanol–water partition coefficient (Wildman–Crippen LogP) is 2.00. The second-order valence-corrected chi connectivity index (χ2v) is 3.31. The molecule has 2 aromatic rings. The molecule has 82 valence electrons. The smallest absolute Gasteiger partial charge is 0.144 e. The Morgan fingerprint density at radius 3 is 2.50 bits per heavy atom. The highest BCUT2D eigenvalue weighted by molar-refractivity contribution is 5.42. The average Bonchev–Trinajstić information content (AvgIpc) is 2.37. The maximum Gasteiger partial charge on any atom is 0.144 e. The summed E-state index contributed by atoms with van der Waals surface area (Å²) in [6, 6.07) is 10.1. The lowest BCUT2D eigenvalue weighted by molar-refractivity contribution is 1.05. The molecule has 0 saturated carbocycles. The molecule has 0 unspecified atom stereocenters. The van der Waals surface area contributed by atoms with Crippen molar-refractivity contribution in [1.29, 1.82) is 0 Å². The topological polar surface area (TPSA) is 49.8 Å². The molecule has 1 aromatic heterocycles. The molecule has 0 amide bonds. The van der Waals surface area contributed by atoms with Gasteiger partial charge in [0.1, 0.15) is 5.82 Å². The van der Waals surface area contributed by atoms with Gasteiger partial charge >= 0.3 is 0 Å². The van der Waals surface area contributed by atoms with Gasteiger partial charge in [0.25, 0.3) is 0 Å². The molecule has 1 heterocycles. The fourth-order valence-electron chi connectivity index (χ4n) is 1.34. The SMILES string of the molecule is c1ccc(NCCNc2cnccn2)cc1. The van der Waals surface area contributed by atoms with Crippen molar-refractivity contribution in [3.05, 3.63) is 48.9 Å². The molecule has 0 bridgehead atoms. The fourth-order valence-corrected chi connectivity index (χ4v) is 1.34. The minimum absolute atomic E-state index is 0.803. The molecular formula is C12H14N4. The van der Waals surface area contributed by atoms with E-state index in [1.807, 2.05) is 30.3 Å². The summed E-state index contributed by atoms with van der Waals surface area (Å²) in [6.45, 7) is 1.66. The summed E-state index contributed by atoms with van der Waals surface area (Å²) in [5, 5.41) is 6.48. The van der Waals surface area contributed by atoms with Crippen LogP contribution in [0.1, 0.15) is 0 Å². The first-order valence-corrected chi connectivity index (χ1v) is 5.24. The molecule has 0 aliphatic carbocycles. The lowest BCUT2D eigenvalue weighted by Crippen LogP contribution is -2.14. The van der Waals surface area contributed by atoms with Crippen LogP contribution in [0.2, 0.25) is 0 Å². The first-order chi connectivity index (χ1) is 7.95. The van der Waals surface area contributed by atoms with E-state index in [0.717, 1.165) is 24.6 Å². The third-order valence-electron chi connectivity index (χ3n) is 2.10. The Morgan fingerprint density at radius 1 is 0.938 bits per heavy atom. The Balaban J connectivity index is 1.70. The number of para-hydroxylation sites is 1. The van der Waals surface area contributed by atoms with E-state index in [2.05, 4.69) is 20.6 Å². The number of rotatable bonds is 5. The van der Waals surface area contributed by atoms with Crippen LogP contribution in [0.3, 0.4) is 0 Å². The fraction of sp³-hybridized carbons (Fsp3) is 0.167. The highest BCUT2D eigenvalue weighted by atomic mass is 15.0. The minimum atomic E-state index is 0.803. The molecule has 0 atom stereocenters. The van der Waals surface area contributed by atoms with E-state index in [9.17, 15) is 0 Å². The molecule has 16 heavy (non-hydrogen) atoms. The zero-order chi connectivity index (χ0) is 11.1. The first kappa shape index (κ1) is 10.4. The predicted molar refractivity (Wildman–Crippen MR) is 65.5 cm³/mol. The summed E-state index contributed by atoms with van der Waals surface area (Å²) >= 11 is 0. The molecule has 0 saturated heterocycles. The number of benzene rings is 1. The molecule has 2 rings (SSSR count). The second kappa shape index (κ2) is 5.70. The number of nitrogens with zero attached hydrogens (tertiary/aromatic N) is 2. The zero-order valence-electron chi connectivity index (χ0n) is 8.93. The molecule has 0 aliphatic heterocycles. The van der Waals surface area contributed by atoms with Gasteiger partial charge in [0.2, 0.25) is 0 Å². The maximum absolute atomic E-state index is 4.12. The zero-order valence-corrected chi connectivity index (χ0v) is 8.93. The summed E-state index contributed by atoms with van der Waals surface area (Å²) < 4.78 is 0. The van der Waals surface area contributed by atoms with Crippen molar-refractivity contribution in [3.63, 3.8) is 0 Å². The quantitative estimate of drug-likeness (QED) is 0.747. The molecule has 1 aromatic carbocycles. The Morgan fingerprint density at radius 2 is 1.75 bits per heavy atom. The van der Waals surface area contributed by atoms with Gasteiger partial charge in [-0.3, -0.25) is 4.98 Å². The van der Waals surface area contributed by atoms with Crippen LogP contribution >= 0.6 is 0 Å². The maximum atomic E-state index is 4.12. The van der Waals surface area contributed by atoms with Gasteiger partial charge in [-0.05, 0) is 12.1 Å². The summed E-state index contributed by atoms with van der Waals surface area (Å²) in [7, 11) is 0. The standard InChI is InChI=1S/C12H14N4/c1-2-4-11(5-3-1)14-8-9-16-12-10-13-6-7-15-12/h1-7,10,14H,8-9H2,(H,15,16). The van der Waals surface area contributed by atoms with Crippen LogP contribution in [0, 0.1) is 0 Å². The van der Waals surface area contributed by atoms with E-state index in [0.29, 0.717) is 0 Å². The molecule has 0 aliphatic rings. The van der Waals surface area contributed by atoms with Gasteiger partial charge in [-0.2, -0.15) is 0 Å². The Hall–Kier alpha value is -2.10. The molecule has 2 N–H and O–H groups in total. The van der Waals surface area contributed by atoms with Crippen LogP contribution in [0.4, 0.5) is 11.5 Å². The van der Waals surface area contributed by atoms with Crippen molar-refractivity contribution in [2.75, 3.05) is 23.7 Å². The van der Waals surface area contributed by atoms with Gasteiger partial charge in [0, 0.05) is 31.2 Å². The number of anilines is 2. The van der Waals surface area contributed by atoms with Gasteiger partial charge in [0.15, 0.2) is 0 Å². The molecule has 0 fully saturated rings. The number of hydrogen-bond donors (Lipinski definition) is 2. The van der Waals surface area contributed by atoms with Gasteiger partial charge in [-0.25, -0.2) is 4.98 Å². The van der Waals surface area contributed by atoms with Gasteiger partial charge in [0.05, 0.1) is 6.20 Å². The summed E-state index contributed by atoms with van der Waals surface area (Å²) in [6.07, 6.45) is 5.04. The molecule has 0 spiro atoms. The first-order valence-electron chi connectivity index (χ1n) is 5.24. The van der Waals surface area contributed by atoms with Crippen LogP contribution in [0.5, 0.6) is 0 Å². The van der Waals surface area contributed by atoms with E-state index in [4.69, 9.17) is 0 Å². The lowest BCUT2D eigenvalue weighted by Gasteiger charge is -2.07. The van der Waals surface area contributed by atoms with Crippen molar-refractivity contribution in [3.8, 4) is 0 Å². The normalized spacial score (nSPS) is 9.75. The average molecular weight is 214 g/mol. The van der Waals surface area contributed by atoms with Crippen molar-refractivity contribution in [2.45, 2.75) is 0 Å². The molecule has 4 heteroatoms. The highest BCUT2D eigenvalue weighted by Crippen LogP contribution is 2.03. The van der Waals surface area contributed by atoms with E-state index >= 15 is 0 Å². The summed E-state index contributed by atoms with van der Waals surface area (Å²) in [4.78, 5) is 8.10. The largest absolute Gasteiger partial charge is 0.383 e. The van der Waals surface area contributed by atoms with Crippen LogP contribution in [-0.2, 0) is 0 Å². The van der Waals surface area contributed by atoms with E-state index in [1.54, 1.807) is 18.6 Å². The Labute approximate surface area is 94.8 Å². The van der Waals surface area contributed by atoms with Crippen molar-refractivity contribution < 1.29 is 0 Å². The van der Waals surface area contributed by atoms with Crippen LogP contribution in [0.15, 0.2) is 48.9 Å². The summed E-state index contributed by atoms with van der Waals surface area (Å²) in [5.41, 5.74) is 1.13. The van der Waals surface area contributed by atoms with E-state index in [1.165, 1.54) is 0 Å². The second-order valence-electron chi connectivity index (χ2n) is 3.31. The minimum Gasteiger partial charge on any atom is -0.383 e. The van der Waals surface area contributed by atoms with Gasteiger partial charge in [-0.1, -0.05) is 18.2 Å². The van der Waals surface area contributed by atoms with Gasteiger partial charge < -0.3 is 10.6 Å².